The van der Waals surface area contributed by atoms with Crippen molar-refractivity contribution in [3.8, 4) is 0 Å². The Morgan fingerprint density at radius 1 is 1.12 bits per heavy atom. The number of rotatable bonds is 7. The number of carbonyl (C=O) groups is 2. The van der Waals surface area contributed by atoms with Crippen LogP contribution in [0.25, 0.3) is 0 Å². The van der Waals surface area contributed by atoms with Crippen molar-refractivity contribution in [1.82, 2.24) is 0 Å². The number of halogens is 1. The largest absolute Gasteiger partial charge is 0.462 e. The number of hydrogen-bond donors (Lipinski definition) is 2. The van der Waals surface area contributed by atoms with Crippen molar-refractivity contribution in [1.29, 1.82) is 0 Å². The maximum Gasteiger partial charge on any atom is 0.340 e. The van der Waals surface area contributed by atoms with Crippen LogP contribution in [0.4, 0.5) is 11.4 Å². The van der Waals surface area contributed by atoms with Crippen molar-refractivity contribution in [3.63, 3.8) is 0 Å². The van der Waals surface area contributed by atoms with Gasteiger partial charge in [-0.1, -0.05) is 29.8 Å². The highest BCUT2D eigenvalue weighted by Gasteiger charge is 2.12. The highest BCUT2D eigenvalue weighted by atomic mass is 35.5. The van der Waals surface area contributed by atoms with Crippen LogP contribution in [0, 0.1) is 6.92 Å². The van der Waals surface area contributed by atoms with Crippen molar-refractivity contribution in [2.75, 3.05) is 23.8 Å². The Labute approximate surface area is 152 Å². The van der Waals surface area contributed by atoms with Crippen molar-refractivity contribution < 1.29 is 14.3 Å². The molecule has 132 valence electrons. The predicted molar refractivity (Wildman–Crippen MR) is 100 cm³/mol. The first kappa shape index (κ1) is 18.8. The van der Waals surface area contributed by atoms with Crippen LogP contribution in [0.5, 0.6) is 0 Å². The standard InChI is InChI=1S/C19H21ClN2O3/c1-3-25-19(24)15-6-4-5-7-16(15)21-11-10-18(23)22-17-12-14(20)9-8-13(17)2/h4-9,12,21H,3,10-11H2,1-2H3,(H,22,23). The van der Waals surface area contributed by atoms with Crippen LogP contribution >= 0.6 is 11.6 Å². The van der Waals surface area contributed by atoms with Gasteiger partial charge in [0.1, 0.15) is 0 Å². The van der Waals surface area contributed by atoms with E-state index >= 15 is 0 Å². The number of ether oxygens (including phenoxy) is 1. The first-order chi connectivity index (χ1) is 12.0. The van der Waals surface area contributed by atoms with Gasteiger partial charge in [-0.2, -0.15) is 0 Å². The summed E-state index contributed by atoms with van der Waals surface area (Å²) >= 11 is 5.95. The summed E-state index contributed by atoms with van der Waals surface area (Å²) in [4.78, 5) is 24.0. The third kappa shape index (κ3) is 5.50. The fourth-order valence-corrected chi connectivity index (χ4v) is 2.45. The minimum Gasteiger partial charge on any atom is -0.462 e. The number of nitrogens with one attached hydrogen (secondary N) is 2. The highest BCUT2D eigenvalue weighted by molar-refractivity contribution is 6.31. The average Bonchev–Trinajstić information content (AvgIpc) is 2.59. The molecule has 0 fully saturated rings. The van der Waals surface area contributed by atoms with Gasteiger partial charge < -0.3 is 15.4 Å². The number of carbonyl (C=O) groups excluding carboxylic acids is 2. The van der Waals surface area contributed by atoms with Crippen LogP contribution in [-0.2, 0) is 9.53 Å². The lowest BCUT2D eigenvalue weighted by atomic mass is 10.1. The third-order valence-corrected chi connectivity index (χ3v) is 3.80. The lowest BCUT2D eigenvalue weighted by Gasteiger charge is -2.12. The lowest BCUT2D eigenvalue weighted by molar-refractivity contribution is -0.115. The maximum atomic E-state index is 12.1. The first-order valence-electron chi connectivity index (χ1n) is 8.07. The zero-order valence-electron chi connectivity index (χ0n) is 14.3. The van der Waals surface area contributed by atoms with E-state index in [0.29, 0.717) is 35.1 Å². The molecule has 0 spiro atoms. The van der Waals surface area contributed by atoms with Crippen LogP contribution in [0.2, 0.25) is 5.02 Å². The van der Waals surface area contributed by atoms with Gasteiger partial charge >= 0.3 is 5.97 Å². The van der Waals surface area contributed by atoms with Crippen LogP contribution in [-0.4, -0.2) is 25.0 Å². The third-order valence-electron chi connectivity index (χ3n) is 3.56. The topological polar surface area (TPSA) is 67.4 Å². The molecule has 0 aliphatic rings. The van der Waals surface area contributed by atoms with Gasteiger partial charge in [0.15, 0.2) is 0 Å². The molecular weight excluding hydrogens is 340 g/mol. The summed E-state index contributed by atoms with van der Waals surface area (Å²) < 4.78 is 5.03. The summed E-state index contributed by atoms with van der Waals surface area (Å²) in [6.07, 6.45) is 0.253. The van der Waals surface area contributed by atoms with Gasteiger partial charge in [-0.05, 0) is 43.7 Å². The minimum atomic E-state index is -0.385. The van der Waals surface area contributed by atoms with Gasteiger partial charge in [0.05, 0.1) is 12.2 Å². The van der Waals surface area contributed by atoms with Crippen LogP contribution in [0.3, 0.4) is 0 Å². The summed E-state index contributed by atoms with van der Waals surface area (Å²) in [5.74, 6) is -0.518. The maximum absolute atomic E-state index is 12.1. The molecule has 25 heavy (non-hydrogen) atoms. The van der Waals surface area contributed by atoms with Crippen molar-refractivity contribution >= 4 is 34.9 Å². The normalized spacial score (nSPS) is 10.2. The molecular formula is C19H21ClN2O3. The number of hydrogen-bond acceptors (Lipinski definition) is 4. The number of anilines is 2. The van der Waals surface area contributed by atoms with Gasteiger partial charge in [0, 0.05) is 29.4 Å². The highest BCUT2D eigenvalue weighted by Crippen LogP contribution is 2.20. The monoisotopic (exact) mass is 360 g/mol. The minimum absolute atomic E-state index is 0.133. The number of amides is 1. The van der Waals surface area contributed by atoms with E-state index in [1.54, 1.807) is 37.3 Å². The Kier molecular flexibility index (Phi) is 6.83. The predicted octanol–water partition coefficient (Wildman–Crippen LogP) is 4.27. The Balaban J connectivity index is 1.91. The van der Waals surface area contributed by atoms with E-state index in [0.717, 1.165) is 5.56 Å². The van der Waals surface area contributed by atoms with Crippen molar-refractivity contribution in [2.24, 2.45) is 0 Å². The zero-order chi connectivity index (χ0) is 18.2. The Morgan fingerprint density at radius 2 is 1.88 bits per heavy atom. The summed E-state index contributed by atoms with van der Waals surface area (Å²) in [6.45, 7) is 4.37. The van der Waals surface area contributed by atoms with Crippen LogP contribution in [0.1, 0.15) is 29.3 Å². The van der Waals surface area contributed by atoms with Gasteiger partial charge in [0.2, 0.25) is 5.91 Å². The molecule has 0 saturated carbocycles. The van der Waals surface area contributed by atoms with Crippen LogP contribution < -0.4 is 10.6 Å². The summed E-state index contributed by atoms with van der Waals surface area (Å²) in [6, 6.07) is 12.4. The fourth-order valence-electron chi connectivity index (χ4n) is 2.28. The summed E-state index contributed by atoms with van der Waals surface area (Å²) in [5.41, 5.74) is 2.74. The number of para-hydroxylation sites is 1. The number of esters is 1. The molecule has 0 aliphatic carbocycles. The van der Waals surface area contributed by atoms with Crippen LogP contribution in [0.15, 0.2) is 42.5 Å². The van der Waals surface area contributed by atoms with E-state index in [2.05, 4.69) is 10.6 Å². The Hall–Kier alpha value is -2.53. The molecule has 2 aromatic rings. The quantitative estimate of drug-likeness (QED) is 0.724. The van der Waals surface area contributed by atoms with E-state index in [-0.39, 0.29) is 18.3 Å². The molecule has 0 heterocycles. The van der Waals surface area contributed by atoms with E-state index in [1.165, 1.54) is 0 Å². The second-order valence-electron chi connectivity index (χ2n) is 5.45. The molecule has 0 aliphatic heterocycles. The van der Waals surface area contributed by atoms with Gasteiger partial charge in [0.25, 0.3) is 0 Å². The first-order valence-corrected chi connectivity index (χ1v) is 8.45. The fraction of sp³-hybridized carbons (Fsp3) is 0.263. The molecule has 2 aromatic carbocycles. The molecule has 6 heteroatoms. The van der Waals surface area contributed by atoms with Crippen molar-refractivity contribution in [3.05, 3.63) is 58.6 Å². The average molecular weight is 361 g/mol. The van der Waals surface area contributed by atoms with Gasteiger partial charge in [-0.3, -0.25) is 4.79 Å². The van der Waals surface area contributed by atoms with E-state index < -0.39 is 0 Å². The molecule has 0 unspecified atom stereocenters. The van der Waals surface area contributed by atoms with E-state index in [9.17, 15) is 9.59 Å². The molecule has 2 rings (SSSR count). The number of aryl methyl sites for hydroxylation is 1. The Bertz CT molecular complexity index is 762. The summed E-state index contributed by atoms with van der Waals surface area (Å²) in [5, 5.41) is 6.52. The van der Waals surface area contributed by atoms with E-state index in [4.69, 9.17) is 16.3 Å². The van der Waals surface area contributed by atoms with Crippen molar-refractivity contribution in [2.45, 2.75) is 20.3 Å². The SMILES string of the molecule is CCOC(=O)c1ccccc1NCCC(=O)Nc1cc(Cl)ccc1C. The van der Waals surface area contributed by atoms with E-state index in [1.807, 2.05) is 19.1 Å². The molecule has 0 bridgehead atoms. The molecule has 2 N–H and O–H groups in total. The molecule has 5 nitrogen and oxygen atoms in total. The number of benzene rings is 2. The zero-order valence-corrected chi connectivity index (χ0v) is 15.0. The Morgan fingerprint density at radius 3 is 2.64 bits per heavy atom. The molecule has 0 aromatic heterocycles. The molecule has 1 amide bonds. The molecule has 0 atom stereocenters. The smallest absolute Gasteiger partial charge is 0.340 e. The molecule has 0 saturated heterocycles. The second-order valence-corrected chi connectivity index (χ2v) is 5.89. The molecule has 0 radical (unpaired) electrons. The second kappa shape index (κ2) is 9.08. The van der Waals surface area contributed by atoms with Gasteiger partial charge in [-0.25, -0.2) is 4.79 Å². The van der Waals surface area contributed by atoms with Gasteiger partial charge in [-0.15, -0.1) is 0 Å². The lowest BCUT2D eigenvalue weighted by Crippen LogP contribution is -2.18. The summed E-state index contributed by atoms with van der Waals surface area (Å²) in [7, 11) is 0.